The number of thiophene rings is 1. The molecule has 3 N–H and O–H groups in total. The van der Waals surface area contributed by atoms with Gasteiger partial charge in [-0.25, -0.2) is 0 Å². The summed E-state index contributed by atoms with van der Waals surface area (Å²) in [6, 6.07) is 1.76. The monoisotopic (exact) mass is 252 g/mol. The lowest BCUT2D eigenvalue weighted by atomic mass is 10.3. The van der Waals surface area contributed by atoms with Crippen LogP contribution in [0.3, 0.4) is 0 Å². The normalized spacial score (nSPS) is 11.5. The van der Waals surface area contributed by atoms with Gasteiger partial charge in [-0.05, 0) is 13.0 Å². The molecule has 1 unspecified atom stereocenters. The Kier molecular flexibility index (Phi) is 5.70. The van der Waals surface area contributed by atoms with Gasteiger partial charge in [0.1, 0.15) is 0 Å². The van der Waals surface area contributed by atoms with Gasteiger partial charge in [0.15, 0.2) is 0 Å². The molecule has 1 rings (SSSR count). The highest BCUT2D eigenvalue weighted by Crippen LogP contribution is 2.13. The Morgan fingerprint density at radius 2 is 2.47 bits per heavy atom. The van der Waals surface area contributed by atoms with Crippen LogP contribution in [0.2, 0.25) is 0 Å². The lowest BCUT2D eigenvalue weighted by molar-refractivity contribution is 0.0871. The van der Waals surface area contributed by atoms with Crippen molar-refractivity contribution >= 4 is 17.2 Å². The fourth-order valence-corrected chi connectivity index (χ4v) is 1.84. The Morgan fingerprint density at radius 3 is 3.12 bits per heavy atom. The molecule has 0 aliphatic carbocycles. The van der Waals surface area contributed by atoms with Gasteiger partial charge < -0.3 is 15.8 Å². The van der Waals surface area contributed by atoms with Crippen LogP contribution >= 0.6 is 11.3 Å². The van der Waals surface area contributed by atoms with Crippen LogP contribution in [0.1, 0.15) is 22.2 Å². The maximum atomic E-state index is 11.7. The fourth-order valence-electron chi connectivity index (χ4n) is 1.08. The third kappa shape index (κ3) is 4.57. The van der Waals surface area contributed by atoms with Gasteiger partial charge in [0, 0.05) is 19.0 Å². The quantitative estimate of drug-likeness (QED) is 0.780. The largest absolute Gasteiger partial charge is 0.380 e. The summed E-state index contributed by atoms with van der Waals surface area (Å²) < 4.78 is 5.05. The standard InChI is InChI=1S/C12H16N2O2S/c1-9(16-2)7-14-12(15)10-6-11(17-8-10)4-3-5-13/h6,8-9H,5,7,13H2,1-2H3,(H,14,15). The summed E-state index contributed by atoms with van der Waals surface area (Å²) in [4.78, 5) is 12.6. The minimum atomic E-state index is -0.106. The number of rotatable bonds is 4. The Labute approximate surface area is 105 Å². The number of hydrogen-bond donors (Lipinski definition) is 2. The summed E-state index contributed by atoms with van der Waals surface area (Å²) in [5, 5.41) is 4.57. The van der Waals surface area contributed by atoms with Crippen molar-refractivity contribution in [2.45, 2.75) is 13.0 Å². The second-order valence-corrected chi connectivity index (χ2v) is 4.37. The summed E-state index contributed by atoms with van der Waals surface area (Å²) in [5.74, 6) is 5.54. The first kappa shape index (κ1) is 13.7. The summed E-state index contributed by atoms with van der Waals surface area (Å²) in [5.41, 5.74) is 5.90. The first-order valence-electron chi connectivity index (χ1n) is 5.25. The summed E-state index contributed by atoms with van der Waals surface area (Å²) in [6.07, 6.45) is 0.00841. The van der Waals surface area contributed by atoms with Crippen molar-refractivity contribution in [3.05, 3.63) is 21.9 Å². The minimum absolute atomic E-state index is 0.00841. The molecular weight excluding hydrogens is 236 g/mol. The van der Waals surface area contributed by atoms with Gasteiger partial charge in [0.2, 0.25) is 0 Å². The van der Waals surface area contributed by atoms with Crippen molar-refractivity contribution < 1.29 is 9.53 Å². The van der Waals surface area contributed by atoms with Gasteiger partial charge in [0.05, 0.1) is 23.1 Å². The molecule has 1 heterocycles. The van der Waals surface area contributed by atoms with Crippen molar-refractivity contribution in [1.29, 1.82) is 0 Å². The van der Waals surface area contributed by atoms with Gasteiger partial charge in [0.25, 0.3) is 5.91 Å². The molecule has 17 heavy (non-hydrogen) atoms. The van der Waals surface area contributed by atoms with E-state index in [0.717, 1.165) is 4.88 Å². The topological polar surface area (TPSA) is 64.3 Å². The van der Waals surface area contributed by atoms with E-state index in [9.17, 15) is 4.79 Å². The summed E-state index contributed by atoms with van der Waals surface area (Å²) >= 11 is 1.44. The van der Waals surface area contributed by atoms with E-state index < -0.39 is 0 Å². The molecule has 0 radical (unpaired) electrons. The van der Waals surface area contributed by atoms with Crippen molar-refractivity contribution in [1.82, 2.24) is 5.32 Å². The molecule has 1 aromatic rings. The number of nitrogens with one attached hydrogen (secondary N) is 1. The Bertz CT molecular complexity index is 431. The molecule has 1 aromatic heterocycles. The van der Waals surface area contributed by atoms with E-state index >= 15 is 0 Å². The van der Waals surface area contributed by atoms with Crippen LogP contribution in [0.25, 0.3) is 0 Å². The fraction of sp³-hybridized carbons (Fsp3) is 0.417. The lowest BCUT2D eigenvalue weighted by Crippen LogP contribution is -2.31. The average Bonchev–Trinajstić information content (AvgIpc) is 2.81. The molecule has 5 heteroatoms. The number of hydrogen-bond acceptors (Lipinski definition) is 4. The first-order valence-corrected chi connectivity index (χ1v) is 6.13. The van der Waals surface area contributed by atoms with Gasteiger partial charge in [-0.2, -0.15) is 0 Å². The van der Waals surface area contributed by atoms with Crippen molar-refractivity contribution in [2.24, 2.45) is 5.73 Å². The molecule has 0 fully saturated rings. The smallest absolute Gasteiger partial charge is 0.252 e. The van der Waals surface area contributed by atoms with Crippen LogP contribution in [-0.2, 0) is 4.74 Å². The number of methoxy groups -OCH3 is 1. The van der Waals surface area contributed by atoms with E-state index in [1.54, 1.807) is 18.6 Å². The molecule has 92 valence electrons. The molecule has 0 aromatic carbocycles. The molecule has 0 saturated carbocycles. The van der Waals surface area contributed by atoms with E-state index in [1.807, 2.05) is 6.92 Å². The van der Waals surface area contributed by atoms with Crippen LogP contribution in [0.4, 0.5) is 0 Å². The minimum Gasteiger partial charge on any atom is -0.380 e. The second kappa shape index (κ2) is 7.07. The summed E-state index contributed by atoms with van der Waals surface area (Å²) in [7, 11) is 1.61. The molecule has 1 atom stereocenters. The Hall–Kier alpha value is -1.35. The third-order valence-corrected chi connectivity index (χ3v) is 2.97. The first-order chi connectivity index (χ1) is 8.17. The molecule has 0 spiro atoms. The summed E-state index contributed by atoms with van der Waals surface area (Å²) in [6.45, 7) is 2.71. The van der Waals surface area contributed by atoms with Gasteiger partial charge in [-0.15, -0.1) is 11.3 Å². The molecule has 0 bridgehead atoms. The van der Waals surface area contributed by atoms with Crippen LogP contribution in [-0.4, -0.2) is 32.2 Å². The van der Waals surface area contributed by atoms with Crippen molar-refractivity contribution in [3.63, 3.8) is 0 Å². The highest BCUT2D eigenvalue weighted by Gasteiger charge is 2.08. The van der Waals surface area contributed by atoms with E-state index in [4.69, 9.17) is 10.5 Å². The predicted molar refractivity (Wildman–Crippen MR) is 69.1 cm³/mol. The van der Waals surface area contributed by atoms with E-state index in [0.29, 0.717) is 18.7 Å². The number of amides is 1. The van der Waals surface area contributed by atoms with Crippen molar-refractivity contribution in [3.8, 4) is 11.8 Å². The van der Waals surface area contributed by atoms with Gasteiger partial charge in [-0.3, -0.25) is 4.79 Å². The molecular formula is C12H16N2O2S. The SMILES string of the molecule is COC(C)CNC(=O)c1csc(C#CCN)c1. The molecule has 0 saturated heterocycles. The second-order valence-electron chi connectivity index (χ2n) is 3.46. The van der Waals surface area contributed by atoms with Crippen molar-refractivity contribution in [2.75, 3.05) is 20.2 Å². The number of carbonyl (C=O) groups is 1. The van der Waals surface area contributed by atoms with E-state index in [2.05, 4.69) is 17.2 Å². The highest BCUT2D eigenvalue weighted by atomic mass is 32.1. The lowest BCUT2D eigenvalue weighted by Gasteiger charge is -2.09. The van der Waals surface area contributed by atoms with Gasteiger partial charge in [-0.1, -0.05) is 11.8 Å². The zero-order valence-corrected chi connectivity index (χ0v) is 10.8. The van der Waals surface area contributed by atoms with E-state index in [1.165, 1.54) is 11.3 Å². The third-order valence-electron chi connectivity index (χ3n) is 2.13. The Balaban J connectivity index is 2.55. The predicted octanol–water partition coefficient (Wildman–Crippen LogP) is 0.823. The van der Waals surface area contributed by atoms with Crippen LogP contribution in [0.15, 0.2) is 11.4 Å². The van der Waals surface area contributed by atoms with E-state index in [-0.39, 0.29) is 12.0 Å². The molecule has 1 amide bonds. The van der Waals surface area contributed by atoms with Crippen LogP contribution in [0, 0.1) is 11.8 Å². The van der Waals surface area contributed by atoms with Crippen LogP contribution in [0.5, 0.6) is 0 Å². The zero-order valence-electron chi connectivity index (χ0n) is 9.95. The maximum absolute atomic E-state index is 11.7. The highest BCUT2D eigenvalue weighted by molar-refractivity contribution is 7.10. The Morgan fingerprint density at radius 1 is 1.71 bits per heavy atom. The average molecular weight is 252 g/mol. The molecule has 0 aliphatic rings. The molecule has 0 aliphatic heterocycles. The molecule has 4 nitrogen and oxygen atoms in total. The number of ether oxygens (including phenoxy) is 1. The number of carbonyl (C=O) groups excluding carboxylic acids is 1. The zero-order chi connectivity index (χ0) is 12.7. The maximum Gasteiger partial charge on any atom is 0.252 e. The van der Waals surface area contributed by atoms with Gasteiger partial charge >= 0.3 is 0 Å². The van der Waals surface area contributed by atoms with Crippen LogP contribution < -0.4 is 11.1 Å². The number of nitrogens with two attached hydrogens (primary N) is 1.